The molecule has 3 aromatic carbocycles. The topological polar surface area (TPSA) is 117 Å². The van der Waals surface area contributed by atoms with Crippen LogP contribution in [-0.2, 0) is 11.2 Å². The number of thiazole rings is 1. The van der Waals surface area contributed by atoms with E-state index in [2.05, 4.69) is 20.8 Å². The molecule has 2 heterocycles. The first-order chi connectivity index (χ1) is 17.4. The van der Waals surface area contributed by atoms with E-state index in [9.17, 15) is 19.1 Å². The number of carbonyl (C=O) groups excluding carboxylic acids is 1. The highest BCUT2D eigenvalue weighted by Gasteiger charge is 2.23. The van der Waals surface area contributed by atoms with E-state index in [1.807, 2.05) is 18.2 Å². The second kappa shape index (κ2) is 9.96. The zero-order valence-corrected chi connectivity index (χ0v) is 19.5. The van der Waals surface area contributed by atoms with Crippen LogP contribution in [0, 0.1) is 5.82 Å². The van der Waals surface area contributed by atoms with Crippen molar-refractivity contribution in [3.05, 3.63) is 96.0 Å². The van der Waals surface area contributed by atoms with E-state index in [0.717, 1.165) is 16.0 Å². The molecule has 10 heteroatoms. The van der Waals surface area contributed by atoms with Gasteiger partial charge in [0.15, 0.2) is 5.13 Å². The van der Waals surface area contributed by atoms with Crippen molar-refractivity contribution >= 4 is 44.2 Å². The summed E-state index contributed by atoms with van der Waals surface area (Å²) in [6, 6.07) is 21.1. The lowest BCUT2D eigenvalue weighted by molar-refractivity contribution is -0.139. The molecule has 0 aliphatic carbocycles. The van der Waals surface area contributed by atoms with Gasteiger partial charge in [-0.2, -0.15) is 0 Å². The predicted molar refractivity (Wildman–Crippen MR) is 134 cm³/mol. The van der Waals surface area contributed by atoms with E-state index < -0.39 is 17.9 Å². The van der Waals surface area contributed by atoms with Crippen LogP contribution < -0.4 is 10.6 Å². The molecule has 36 heavy (non-hydrogen) atoms. The van der Waals surface area contributed by atoms with Crippen LogP contribution in [-0.4, -0.2) is 33.2 Å². The van der Waals surface area contributed by atoms with Crippen molar-refractivity contribution in [1.29, 1.82) is 0 Å². The number of benzene rings is 3. The first kappa shape index (κ1) is 23.2. The summed E-state index contributed by atoms with van der Waals surface area (Å²) in [5, 5.41) is 19.8. The lowest BCUT2D eigenvalue weighted by atomic mass is 10.1. The number of hydrogen-bond acceptors (Lipinski definition) is 7. The van der Waals surface area contributed by atoms with Gasteiger partial charge in [-0.05, 0) is 35.9 Å². The van der Waals surface area contributed by atoms with Crippen molar-refractivity contribution < 1.29 is 23.6 Å². The first-order valence-corrected chi connectivity index (χ1v) is 11.7. The van der Waals surface area contributed by atoms with E-state index in [1.54, 1.807) is 42.5 Å². The van der Waals surface area contributed by atoms with Crippen LogP contribution in [0.25, 0.3) is 21.5 Å². The maximum atomic E-state index is 13.4. The number of nitrogens with zero attached hydrogens (tertiary/aromatic N) is 2. The van der Waals surface area contributed by atoms with Gasteiger partial charge in [-0.3, -0.25) is 4.79 Å². The zero-order valence-electron chi connectivity index (χ0n) is 18.6. The van der Waals surface area contributed by atoms with Gasteiger partial charge in [0.2, 0.25) is 5.76 Å². The van der Waals surface area contributed by atoms with Gasteiger partial charge < -0.3 is 20.3 Å². The fourth-order valence-electron chi connectivity index (χ4n) is 3.60. The monoisotopic (exact) mass is 502 g/mol. The number of carboxylic acids is 1. The number of aromatic nitrogens is 2. The summed E-state index contributed by atoms with van der Waals surface area (Å²) in [7, 11) is 0. The van der Waals surface area contributed by atoms with Crippen molar-refractivity contribution in [2.24, 2.45) is 0 Å². The van der Waals surface area contributed by atoms with Gasteiger partial charge in [0.05, 0.1) is 10.2 Å². The lowest BCUT2D eigenvalue weighted by Crippen LogP contribution is -2.42. The Morgan fingerprint density at radius 3 is 2.56 bits per heavy atom. The van der Waals surface area contributed by atoms with E-state index in [4.69, 9.17) is 4.52 Å². The van der Waals surface area contributed by atoms with Gasteiger partial charge in [0, 0.05) is 23.7 Å². The molecule has 1 unspecified atom stereocenters. The number of fused-ring (bicyclic) bond motifs is 1. The van der Waals surface area contributed by atoms with Crippen LogP contribution >= 0.6 is 11.3 Å². The van der Waals surface area contributed by atoms with Crippen LogP contribution in [0.15, 0.2) is 83.4 Å². The van der Waals surface area contributed by atoms with E-state index in [-0.39, 0.29) is 18.0 Å². The second-order valence-electron chi connectivity index (χ2n) is 7.96. The molecule has 0 aliphatic rings. The summed E-state index contributed by atoms with van der Waals surface area (Å²) in [5.41, 5.74) is 3.40. The molecule has 0 fully saturated rings. The minimum absolute atomic E-state index is 0.0896. The van der Waals surface area contributed by atoms with Crippen LogP contribution in [0.4, 0.5) is 15.2 Å². The summed E-state index contributed by atoms with van der Waals surface area (Å²) in [4.78, 5) is 28.7. The predicted octanol–water partition coefficient (Wildman–Crippen LogP) is 5.26. The highest BCUT2D eigenvalue weighted by molar-refractivity contribution is 7.22. The Hall–Kier alpha value is -4.57. The SMILES string of the molecule is O=C(NC(Cc1ccccc1)C(=O)O)c1cc(-c2ccc(Nc3nc4ccc(F)cc4s3)cc2)no1. The van der Waals surface area contributed by atoms with E-state index >= 15 is 0 Å². The Labute approximate surface area is 208 Å². The van der Waals surface area contributed by atoms with E-state index in [0.29, 0.717) is 21.9 Å². The Kier molecular flexibility index (Phi) is 6.42. The molecule has 1 amide bonds. The Balaban J connectivity index is 1.25. The average Bonchev–Trinajstić information content (AvgIpc) is 3.52. The molecule has 1 atom stereocenters. The third-order valence-electron chi connectivity index (χ3n) is 5.40. The Morgan fingerprint density at radius 2 is 1.81 bits per heavy atom. The molecule has 3 N–H and O–H groups in total. The zero-order chi connectivity index (χ0) is 25.1. The number of rotatable bonds is 8. The summed E-state index contributed by atoms with van der Waals surface area (Å²) >= 11 is 1.34. The number of amides is 1. The summed E-state index contributed by atoms with van der Waals surface area (Å²) < 4.78 is 19.3. The molecule has 180 valence electrons. The molecule has 2 aromatic heterocycles. The van der Waals surface area contributed by atoms with Gasteiger partial charge in [0.25, 0.3) is 5.91 Å². The van der Waals surface area contributed by atoms with Crippen LogP contribution in [0.2, 0.25) is 0 Å². The Bertz CT molecular complexity index is 1530. The molecule has 0 spiro atoms. The maximum Gasteiger partial charge on any atom is 0.326 e. The van der Waals surface area contributed by atoms with Crippen LogP contribution in [0.5, 0.6) is 0 Å². The maximum absolute atomic E-state index is 13.4. The number of nitrogens with one attached hydrogen (secondary N) is 2. The summed E-state index contributed by atoms with van der Waals surface area (Å²) in [6.45, 7) is 0. The van der Waals surface area contributed by atoms with Crippen molar-refractivity contribution in [3.8, 4) is 11.3 Å². The second-order valence-corrected chi connectivity index (χ2v) is 8.99. The van der Waals surface area contributed by atoms with Crippen molar-refractivity contribution in [1.82, 2.24) is 15.5 Å². The number of carboxylic acid groups (broad SMARTS) is 1. The Morgan fingerprint density at radius 1 is 1.03 bits per heavy atom. The number of anilines is 2. The molecule has 0 aliphatic heterocycles. The van der Waals surface area contributed by atoms with Gasteiger partial charge >= 0.3 is 5.97 Å². The fourth-order valence-corrected chi connectivity index (χ4v) is 4.51. The van der Waals surface area contributed by atoms with E-state index in [1.165, 1.54) is 29.5 Å². The molecule has 0 saturated heterocycles. The molecule has 8 nitrogen and oxygen atoms in total. The molecule has 0 radical (unpaired) electrons. The molecule has 0 saturated carbocycles. The highest BCUT2D eigenvalue weighted by atomic mass is 32.1. The van der Waals surface area contributed by atoms with Crippen molar-refractivity contribution in [3.63, 3.8) is 0 Å². The summed E-state index contributed by atoms with van der Waals surface area (Å²) in [5.74, 6) is -2.21. The van der Waals surface area contributed by atoms with Crippen LogP contribution in [0.1, 0.15) is 16.1 Å². The van der Waals surface area contributed by atoms with Crippen molar-refractivity contribution in [2.45, 2.75) is 12.5 Å². The standard InChI is InChI=1S/C26H19FN4O4S/c27-17-8-11-19-23(13-17)36-26(30-19)28-18-9-6-16(7-10-18)20-14-22(35-31-20)24(32)29-21(25(33)34)12-15-4-2-1-3-5-15/h1-11,13-14,21H,12H2,(H,28,30)(H,29,32)(H,33,34). The molecule has 5 aromatic rings. The van der Waals surface area contributed by atoms with Crippen LogP contribution in [0.3, 0.4) is 0 Å². The first-order valence-electron chi connectivity index (χ1n) is 10.9. The lowest BCUT2D eigenvalue weighted by Gasteiger charge is -2.13. The number of carbonyl (C=O) groups is 2. The molecule has 5 rings (SSSR count). The third-order valence-corrected chi connectivity index (χ3v) is 6.34. The smallest absolute Gasteiger partial charge is 0.326 e. The van der Waals surface area contributed by atoms with Crippen molar-refractivity contribution in [2.75, 3.05) is 5.32 Å². The minimum Gasteiger partial charge on any atom is -0.480 e. The molecular formula is C26H19FN4O4S. The highest BCUT2D eigenvalue weighted by Crippen LogP contribution is 2.29. The quantitative estimate of drug-likeness (QED) is 0.265. The molecule has 0 bridgehead atoms. The van der Waals surface area contributed by atoms with Gasteiger partial charge in [-0.1, -0.05) is 59.0 Å². The average molecular weight is 503 g/mol. The summed E-state index contributed by atoms with van der Waals surface area (Å²) in [6.07, 6.45) is 0.140. The number of hydrogen-bond donors (Lipinski definition) is 3. The minimum atomic E-state index is -1.15. The molecular weight excluding hydrogens is 483 g/mol. The van der Waals surface area contributed by atoms with Gasteiger partial charge in [0.1, 0.15) is 17.6 Å². The van der Waals surface area contributed by atoms with Gasteiger partial charge in [-0.25, -0.2) is 14.2 Å². The number of halogens is 1. The largest absolute Gasteiger partial charge is 0.480 e. The third kappa shape index (κ3) is 5.23. The normalized spacial score (nSPS) is 11.8. The van der Waals surface area contributed by atoms with Gasteiger partial charge in [-0.15, -0.1) is 0 Å². The fraction of sp³-hybridized carbons (Fsp3) is 0.0769. The number of aliphatic carboxylic acids is 1.